The third-order valence-corrected chi connectivity index (χ3v) is 7.07. The van der Waals surface area contributed by atoms with Gasteiger partial charge in [-0.3, -0.25) is 4.79 Å². The van der Waals surface area contributed by atoms with E-state index in [0.29, 0.717) is 18.1 Å². The van der Waals surface area contributed by atoms with Gasteiger partial charge >= 0.3 is 0 Å². The number of nitrogens with one attached hydrogen (secondary N) is 1. The number of hydrogen-bond acceptors (Lipinski definition) is 5. The summed E-state index contributed by atoms with van der Waals surface area (Å²) in [5.74, 6) is 3.54. The van der Waals surface area contributed by atoms with Crippen LogP contribution < -0.4 is 11.1 Å². The van der Waals surface area contributed by atoms with E-state index < -0.39 is 0 Å². The lowest BCUT2D eigenvalue weighted by Crippen LogP contribution is -2.42. The number of pyridine rings is 1. The van der Waals surface area contributed by atoms with Gasteiger partial charge in [0.05, 0.1) is 11.0 Å². The lowest BCUT2D eigenvalue weighted by Gasteiger charge is -2.24. The van der Waals surface area contributed by atoms with Crippen LogP contribution in [0, 0.1) is 32.1 Å². The maximum atomic E-state index is 10.8. The van der Waals surface area contributed by atoms with Crippen molar-refractivity contribution < 1.29 is 9.90 Å². The lowest BCUT2D eigenvalue weighted by molar-refractivity contribution is -0.117. The molecule has 4 rings (SSSR count). The van der Waals surface area contributed by atoms with Crippen LogP contribution in [0.4, 0.5) is 5.82 Å². The highest BCUT2D eigenvalue weighted by molar-refractivity contribution is 6.06. The van der Waals surface area contributed by atoms with Gasteiger partial charge in [-0.2, -0.15) is 0 Å². The SMILES string of the molecule is C#C.C#CC(=O)NC(C)(C)CCC.CCCCc1nc2c(N)nc3cc(CC)ccc3c2n1Cc1ccc(O)c(C)c1. The first-order valence-electron chi connectivity index (χ1n) is 14.5. The van der Waals surface area contributed by atoms with Crippen LogP contribution in [-0.4, -0.2) is 31.1 Å². The molecule has 0 aliphatic heterocycles. The van der Waals surface area contributed by atoms with Crippen LogP contribution in [0.25, 0.3) is 21.9 Å². The van der Waals surface area contributed by atoms with Gasteiger partial charge in [0.25, 0.3) is 5.91 Å². The predicted octanol–water partition coefficient (Wildman–Crippen LogP) is 6.70. The molecule has 1 amide bonds. The van der Waals surface area contributed by atoms with Crippen molar-refractivity contribution in [3.63, 3.8) is 0 Å². The number of terminal acetylenes is 2. The lowest BCUT2D eigenvalue weighted by atomic mass is 9.99. The van der Waals surface area contributed by atoms with Crippen LogP contribution >= 0.6 is 0 Å². The van der Waals surface area contributed by atoms with Gasteiger partial charge in [-0.25, -0.2) is 9.97 Å². The minimum absolute atomic E-state index is 0.168. The second-order valence-electron chi connectivity index (χ2n) is 11.0. The van der Waals surface area contributed by atoms with Gasteiger partial charge in [0.15, 0.2) is 5.82 Å². The number of nitrogen functional groups attached to an aromatic ring is 1. The molecular formula is C35H45N5O2. The van der Waals surface area contributed by atoms with E-state index in [1.54, 1.807) is 6.07 Å². The average Bonchev–Trinajstić information content (AvgIpc) is 3.33. The quantitative estimate of drug-likeness (QED) is 0.195. The Bertz CT molecular complexity index is 1570. The van der Waals surface area contributed by atoms with Crippen molar-refractivity contribution in [3.05, 3.63) is 58.9 Å². The fraction of sp³-hybridized carbons (Fsp3) is 0.400. The number of anilines is 1. The van der Waals surface area contributed by atoms with Gasteiger partial charge in [0, 0.05) is 23.9 Å². The van der Waals surface area contributed by atoms with Crippen molar-refractivity contribution in [1.82, 2.24) is 19.9 Å². The number of hydrogen-bond donors (Lipinski definition) is 3. The molecule has 222 valence electrons. The van der Waals surface area contributed by atoms with Crippen molar-refractivity contribution in [2.45, 2.75) is 92.2 Å². The van der Waals surface area contributed by atoms with Crippen molar-refractivity contribution in [3.8, 4) is 30.9 Å². The van der Waals surface area contributed by atoms with E-state index >= 15 is 0 Å². The van der Waals surface area contributed by atoms with Gasteiger partial charge in [0.1, 0.15) is 17.1 Å². The number of carbonyl (C=O) groups is 1. The predicted molar refractivity (Wildman–Crippen MR) is 175 cm³/mol. The molecule has 0 bridgehead atoms. The number of amides is 1. The number of aryl methyl sites for hydroxylation is 3. The fourth-order valence-corrected chi connectivity index (χ4v) is 4.95. The molecule has 7 heteroatoms. The largest absolute Gasteiger partial charge is 0.508 e. The van der Waals surface area contributed by atoms with Gasteiger partial charge in [-0.05, 0) is 74.8 Å². The Morgan fingerprint density at radius 1 is 1.07 bits per heavy atom. The molecule has 2 aromatic carbocycles. The monoisotopic (exact) mass is 567 g/mol. The zero-order valence-electron chi connectivity index (χ0n) is 25.9. The molecule has 0 radical (unpaired) electrons. The van der Waals surface area contributed by atoms with Crippen molar-refractivity contribution in [2.75, 3.05) is 5.73 Å². The zero-order chi connectivity index (χ0) is 31.4. The Labute approximate surface area is 250 Å². The van der Waals surface area contributed by atoms with E-state index in [1.165, 1.54) is 5.56 Å². The van der Waals surface area contributed by atoms with Crippen LogP contribution in [0.2, 0.25) is 0 Å². The van der Waals surface area contributed by atoms with Gasteiger partial charge in [-0.15, -0.1) is 19.3 Å². The molecular weight excluding hydrogens is 522 g/mol. The molecule has 0 fully saturated rings. The van der Waals surface area contributed by atoms with Crippen LogP contribution in [0.15, 0.2) is 36.4 Å². The number of aromatic hydroxyl groups is 1. The third-order valence-electron chi connectivity index (χ3n) is 7.07. The summed E-state index contributed by atoms with van der Waals surface area (Å²) >= 11 is 0. The number of nitrogens with two attached hydrogens (primary N) is 1. The summed E-state index contributed by atoms with van der Waals surface area (Å²) in [6.45, 7) is 12.9. The maximum absolute atomic E-state index is 10.8. The normalized spacial score (nSPS) is 10.7. The summed E-state index contributed by atoms with van der Waals surface area (Å²) in [7, 11) is 0. The maximum Gasteiger partial charge on any atom is 0.296 e. The number of imidazole rings is 1. The van der Waals surface area contributed by atoms with Gasteiger partial charge in [0.2, 0.25) is 0 Å². The van der Waals surface area contributed by atoms with Crippen LogP contribution in [0.3, 0.4) is 0 Å². The van der Waals surface area contributed by atoms with Crippen molar-refractivity contribution in [2.24, 2.45) is 0 Å². The molecule has 4 N–H and O–H groups in total. The third kappa shape index (κ3) is 8.51. The molecule has 0 aliphatic rings. The number of phenols is 1. The zero-order valence-corrected chi connectivity index (χ0v) is 25.9. The molecule has 2 aromatic heterocycles. The number of fused-ring (bicyclic) bond motifs is 3. The molecule has 0 unspecified atom stereocenters. The number of unbranched alkanes of at least 4 members (excludes halogenated alkanes) is 1. The Morgan fingerprint density at radius 3 is 2.36 bits per heavy atom. The topological polar surface area (TPSA) is 106 Å². The Balaban J connectivity index is 0.000000403. The van der Waals surface area contributed by atoms with Gasteiger partial charge < -0.3 is 20.7 Å². The first kappa shape index (κ1) is 33.7. The molecule has 2 heterocycles. The Hall–Kier alpha value is -4.49. The minimum atomic E-state index is -0.330. The standard InChI is InChI=1S/C24H28N4O.C9H15NO.C2H2/c1-4-6-7-21-27-22-23(28(21)14-17-9-11-20(29)15(3)12-17)18-10-8-16(5-2)13-19(18)26-24(22)25;1-5-7-9(3,4)10-8(11)6-2;1-2/h8-13,29H,4-7,14H2,1-3H3,(H2,25,26);2H,5,7H2,1,3-4H3,(H,10,11);1-2H. The van der Waals surface area contributed by atoms with E-state index in [0.717, 1.165) is 77.4 Å². The second-order valence-corrected chi connectivity index (χ2v) is 11.0. The summed E-state index contributed by atoms with van der Waals surface area (Å²) in [5.41, 5.74) is 12.2. The molecule has 0 aliphatic carbocycles. The molecule has 7 nitrogen and oxygen atoms in total. The Kier molecular flexibility index (Phi) is 12.4. The Morgan fingerprint density at radius 2 is 1.76 bits per heavy atom. The highest BCUT2D eigenvalue weighted by atomic mass is 16.3. The molecule has 0 saturated carbocycles. The minimum Gasteiger partial charge on any atom is -0.508 e. The second kappa shape index (κ2) is 15.5. The van der Waals surface area contributed by atoms with E-state index in [1.807, 2.05) is 38.8 Å². The molecule has 0 spiro atoms. The van der Waals surface area contributed by atoms with E-state index in [2.05, 4.69) is 66.7 Å². The molecule has 4 aromatic rings. The number of rotatable bonds is 9. The first-order chi connectivity index (χ1) is 20.0. The first-order valence-corrected chi connectivity index (χ1v) is 14.5. The van der Waals surface area contributed by atoms with Gasteiger partial charge in [-0.1, -0.05) is 57.9 Å². The van der Waals surface area contributed by atoms with Crippen LogP contribution in [-0.2, 0) is 24.2 Å². The molecule has 42 heavy (non-hydrogen) atoms. The van der Waals surface area contributed by atoms with E-state index in [-0.39, 0.29) is 11.4 Å². The summed E-state index contributed by atoms with van der Waals surface area (Å²) in [6.07, 6.45) is 18.9. The average molecular weight is 568 g/mol. The number of aromatic nitrogens is 3. The fourth-order valence-electron chi connectivity index (χ4n) is 4.95. The highest BCUT2D eigenvalue weighted by Gasteiger charge is 2.19. The summed E-state index contributed by atoms with van der Waals surface area (Å²) < 4.78 is 2.28. The summed E-state index contributed by atoms with van der Waals surface area (Å²) in [5, 5.41) is 13.7. The molecule has 0 atom stereocenters. The van der Waals surface area contributed by atoms with E-state index in [9.17, 15) is 9.90 Å². The highest BCUT2D eigenvalue weighted by Crippen LogP contribution is 2.31. The summed E-state index contributed by atoms with van der Waals surface area (Å²) in [6, 6.07) is 12.2. The van der Waals surface area contributed by atoms with E-state index in [4.69, 9.17) is 17.1 Å². The van der Waals surface area contributed by atoms with Crippen molar-refractivity contribution >= 4 is 33.7 Å². The number of nitrogens with zero attached hydrogens (tertiary/aromatic N) is 3. The number of phenolic OH excluding ortho intramolecular Hbond substituents is 1. The number of carbonyl (C=O) groups excluding carboxylic acids is 1. The smallest absolute Gasteiger partial charge is 0.296 e. The molecule has 0 saturated heterocycles. The van der Waals surface area contributed by atoms with Crippen LogP contribution in [0.1, 0.15) is 82.8 Å². The van der Waals surface area contributed by atoms with Crippen LogP contribution in [0.5, 0.6) is 5.75 Å². The summed E-state index contributed by atoms with van der Waals surface area (Å²) in [4.78, 5) is 20.3. The van der Waals surface area contributed by atoms with Crippen molar-refractivity contribution in [1.29, 1.82) is 0 Å². The number of benzene rings is 2.